The lowest BCUT2D eigenvalue weighted by atomic mass is 10.1. The molecular weight excluding hydrogens is 290 g/mol. The van der Waals surface area contributed by atoms with Crippen LogP contribution in [0.25, 0.3) is 0 Å². The highest BCUT2D eigenvalue weighted by molar-refractivity contribution is 9.08. The van der Waals surface area contributed by atoms with Crippen LogP contribution in [0.2, 0.25) is 0 Å². The zero-order chi connectivity index (χ0) is 13.5. The Balaban J connectivity index is 3.07. The van der Waals surface area contributed by atoms with Crippen LogP contribution in [-0.4, -0.2) is 13.1 Å². The summed E-state index contributed by atoms with van der Waals surface area (Å²) in [6.45, 7) is 5.36. The summed E-state index contributed by atoms with van der Waals surface area (Å²) >= 11 is 3.38. The second kappa shape index (κ2) is 7.03. The molecule has 0 saturated carbocycles. The van der Waals surface area contributed by atoms with E-state index in [9.17, 15) is 5.26 Å². The monoisotopic (exact) mass is 305 g/mol. The van der Waals surface area contributed by atoms with Gasteiger partial charge in [0.1, 0.15) is 6.07 Å². The van der Waals surface area contributed by atoms with Crippen molar-refractivity contribution in [1.29, 1.82) is 10.5 Å². The van der Waals surface area contributed by atoms with Crippen molar-refractivity contribution >= 4 is 21.6 Å². The minimum absolute atomic E-state index is 0.0488. The molecule has 18 heavy (non-hydrogen) atoms. The first kappa shape index (κ1) is 14.5. The minimum atomic E-state index is -0.0488. The van der Waals surface area contributed by atoms with E-state index in [2.05, 4.69) is 33.0 Å². The van der Waals surface area contributed by atoms with Crippen LogP contribution in [0.1, 0.15) is 25.0 Å². The number of alkyl halides is 1. The van der Waals surface area contributed by atoms with Gasteiger partial charge in [-0.15, -0.1) is 0 Å². The van der Waals surface area contributed by atoms with E-state index in [1.165, 1.54) is 0 Å². The molecule has 4 heteroatoms. The highest BCUT2D eigenvalue weighted by Gasteiger charge is 2.13. The van der Waals surface area contributed by atoms with E-state index in [-0.39, 0.29) is 5.92 Å². The van der Waals surface area contributed by atoms with Gasteiger partial charge < -0.3 is 4.90 Å². The predicted molar refractivity (Wildman–Crippen MR) is 76.5 cm³/mol. The van der Waals surface area contributed by atoms with E-state index in [0.29, 0.717) is 12.1 Å². The molecule has 0 N–H and O–H groups in total. The third kappa shape index (κ3) is 3.48. The fraction of sp³-hybridized carbons (Fsp3) is 0.429. The number of halogens is 1. The molecule has 1 rings (SSSR count). The number of anilines is 1. The molecule has 0 amide bonds. The van der Waals surface area contributed by atoms with Crippen LogP contribution in [0.15, 0.2) is 18.2 Å². The first-order valence-corrected chi connectivity index (χ1v) is 7.01. The van der Waals surface area contributed by atoms with Crippen molar-refractivity contribution in [3.63, 3.8) is 0 Å². The van der Waals surface area contributed by atoms with Gasteiger partial charge in [0.25, 0.3) is 0 Å². The summed E-state index contributed by atoms with van der Waals surface area (Å²) in [5.41, 5.74) is 2.66. The summed E-state index contributed by atoms with van der Waals surface area (Å²) in [6, 6.07) is 10.3. The second-order valence-electron chi connectivity index (χ2n) is 4.17. The number of hydrogen-bond donors (Lipinski definition) is 0. The van der Waals surface area contributed by atoms with E-state index in [0.717, 1.165) is 23.1 Å². The molecule has 0 aliphatic rings. The first-order valence-electron chi connectivity index (χ1n) is 5.89. The lowest BCUT2D eigenvalue weighted by molar-refractivity contribution is 0.685. The molecule has 0 spiro atoms. The van der Waals surface area contributed by atoms with Gasteiger partial charge in [-0.1, -0.05) is 22.0 Å². The number of benzene rings is 1. The zero-order valence-corrected chi connectivity index (χ0v) is 12.2. The Kier molecular flexibility index (Phi) is 5.68. The lowest BCUT2D eigenvalue weighted by Gasteiger charge is -2.25. The quantitative estimate of drug-likeness (QED) is 0.783. The molecule has 0 radical (unpaired) electrons. The molecule has 1 atom stereocenters. The van der Waals surface area contributed by atoms with E-state index in [4.69, 9.17) is 5.26 Å². The molecule has 0 aliphatic heterocycles. The Bertz CT molecular complexity index is 485. The highest BCUT2D eigenvalue weighted by Crippen LogP contribution is 2.23. The summed E-state index contributed by atoms with van der Waals surface area (Å²) in [6.07, 6.45) is 0. The Morgan fingerprint density at radius 1 is 1.39 bits per heavy atom. The SMILES string of the molecule is CCN(CC(C)C#N)c1ccc(CBr)cc1C#N. The topological polar surface area (TPSA) is 50.8 Å². The molecule has 3 nitrogen and oxygen atoms in total. The second-order valence-corrected chi connectivity index (χ2v) is 4.73. The van der Waals surface area contributed by atoms with Gasteiger partial charge in [0, 0.05) is 18.4 Å². The smallest absolute Gasteiger partial charge is 0.101 e. The van der Waals surface area contributed by atoms with Crippen molar-refractivity contribution in [2.24, 2.45) is 5.92 Å². The standard InChI is InChI=1S/C14H16BrN3/c1-3-18(10-11(2)8-16)14-5-4-12(7-15)6-13(14)9-17/h4-6,11H,3,7,10H2,1-2H3. The maximum atomic E-state index is 9.22. The van der Waals surface area contributed by atoms with E-state index < -0.39 is 0 Å². The van der Waals surface area contributed by atoms with Gasteiger partial charge in [0.2, 0.25) is 0 Å². The zero-order valence-electron chi connectivity index (χ0n) is 10.7. The maximum absolute atomic E-state index is 9.22. The Morgan fingerprint density at radius 3 is 2.61 bits per heavy atom. The van der Waals surface area contributed by atoms with Crippen molar-refractivity contribution in [3.05, 3.63) is 29.3 Å². The average molecular weight is 306 g/mol. The van der Waals surface area contributed by atoms with Crippen molar-refractivity contribution in [1.82, 2.24) is 0 Å². The fourth-order valence-electron chi connectivity index (χ4n) is 1.80. The van der Waals surface area contributed by atoms with Gasteiger partial charge in [-0.2, -0.15) is 10.5 Å². The van der Waals surface area contributed by atoms with Gasteiger partial charge in [-0.3, -0.25) is 0 Å². The van der Waals surface area contributed by atoms with Crippen LogP contribution < -0.4 is 4.90 Å². The number of hydrogen-bond acceptors (Lipinski definition) is 3. The first-order chi connectivity index (χ1) is 8.65. The molecule has 0 aliphatic carbocycles. The number of rotatable bonds is 5. The third-order valence-corrected chi connectivity index (χ3v) is 3.42. The number of nitriles is 2. The Morgan fingerprint density at radius 2 is 2.11 bits per heavy atom. The average Bonchev–Trinajstić information content (AvgIpc) is 2.43. The molecular formula is C14H16BrN3. The van der Waals surface area contributed by atoms with Gasteiger partial charge >= 0.3 is 0 Å². The predicted octanol–water partition coefficient (Wildman–Crippen LogP) is 3.44. The Hall–Kier alpha value is -1.52. The Labute approximate surface area is 117 Å². The third-order valence-electron chi connectivity index (χ3n) is 2.77. The van der Waals surface area contributed by atoms with E-state index in [1.54, 1.807) is 0 Å². The number of nitrogens with zero attached hydrogens (tertiary/aromatic N) is 3. The summed E-state index contributed by atoms with van der Waals surface area (Å²) in [5.74, 6) is -0.0488. The van der Waals surface area contributed by atoms with Crippen molar-refractivity contribution in [2.45, 2.75) is 19.2 Å². The van der Waals surface area contributed by atoms with Crippen molar-refractivity contribution in [2.75, 3.05) is 18.0 Å². The summed E-state index contributed by atoms with van der Waals surface area (Å²) in [5, 5.41) is 18.8. The summed E-state index contributed by atoms with van der Waals surface area (Å²) in [4.78, 5) is 2.07. The van der Waals surface area contributed by atoms with Crippen LogP contribution >= 0.6 is 15.9 Å². The molecule has 1 aromatic rings. The lowest BCUT2D eigenvalue weighted by Crippen LogP contribution is -2.28. The minimum Gasteiger partial charge on any atom is -0.369 e. The van der Waals surface area contributed by atoms with E-state index in [1.807, 2.05) is 32.0 Å². The summed E-state index contributed by atoms with van der Waals surface area (Å²) in [7, 11) is 0. The molecule has 1 unspecified atom stereocenters. The maximum Gasteiger partial charge on any atom is 0.101 e. The van der Waals surface area contributed by atoms with Gasteiger partial charge in [0.15, 0.2) is 0 Å². The van der Waals surface area contributed by atoms with Crippen molar-refractivity contribution in [3.8, 4) is 12.1 Å². The highest BCUT2D eigenvalue weighted by atomic mass is 79.9. The van der Waals surface area contributed by atoms with Crippen LogP contribution in [0.5, 0.6) is 0 Å². The van der Waals surface area contributed by atoms with Crippen LogP contribution in [0.3, 0.4) is 0 Å². The van der Waals surface area contributed by atoms with Gasteiger partial charge in [-0.25, -0.2) is 0 Å². The molecule has 1 aromatic carbocycles. The largest absolute Gasteiger partial charge is 0.369 e. The van der Waals surface area contributed by atoms with Crippen molar-refractivity contribution < 1.29 is 0 Å². The van der Waals surface area contributed by atoms with Crippen LogP contribution in [0, 0.1) is 28.6 Å². The van der Waals surface area contributed by atoms with Gasteiger partial charge in [0.05, 0.1) is 23.2 Å². The fourth-order valence-corrected chi connectivity index (χ4v) is 2.15. The molecule has 94 valence electrons. The molecule has 0 aromatic heterocycles. The van der Waals surface area contributed by atoms with Gasteiger partial charge in [-0.05, 0) is 31.5 Å². The normalized spacial score (nSPS) is 11.4. The van der Waals surface area contributed by atoms with Crippen LogP contribution in [0.4, 0.5) is 5.69 Å². The molecule has 0 bridgehead atoms. The molecule has 0 heterocycles. The van der Waals surface area contributed by atoms with Crippen LogP contribution in [-0.2, 0) is 5.33 Å². The molecule has 0 fully saturated rings. The molecule has 0 saturated heterocycles. The van der Waals surface area contributed by atoms with E-state index >= 15 is 0 Å². The summed E-state index contributed by atoms with van der Waals surface area (Å²) < 4.78 is 0.